The molecule has 2 heterocycles. The summed E-state index contributed by atoms with van der Waals surface area (Å²) in [6.07, 6.45) is 2.66. The summed E-state index contributed by atoms with van der Waals surface area (Å²) in [7, 11) is 0. The minimum atomic E-state index is -0.585. The van der Waals surface area contributed by atoms with Crippen LogP contribution in [0.15, 0.2) is 10.6 Å². The lowest BCUT2D eigenvalue weighted by Gasteiger charge is -2.23. The highest BCUT2D eigenvalue weighted by atomic mass is 16.4. The van der Waals surface area contributed by atoms with Gasteiger partial charge in [-0.25, -0.2) is 4.98 Å². The largest absolute Gasteiger partial charge is 0.443 e. The van der Waals surface area contributed by atoms with Crippen LogP contribution >= 0.6 is 0 Å². The van der Waals surface area contributed by atoms with Crippen molar-refractivity contribution in [2.75, 3.05) is 0 Å². The topological polar surface area (TPSA) is 63.4 Å². The van der Waals surface area contributed by atoms with Gasteiger partial charge in [-0.3, -0.25) is 14.5 Å². The van der Waals surface area contributed by atoms with Crippen LogP contribution < -0.4 is 0 Å². The van der Waals surface area contributed by atoms with E-state index in [4.69, 9.17) is 4.42 Å². The zero-order valence-corrected chi connectivity index (χ0v) is 13.5. The Hall–Kier alpha value is -1.65. The molecule has 1 saturated heterocycles. The summed E-state index contributed by atoms with van der Waals surface area (Å²) >= 11 is 0. The lowest BCUT2D eigenvalue weighted by molar-refractivity contribution is -0.142. The molecule has 0 aliphatic carbocycles. The molecule has 0 spiro atoms. The highest BCUT2D eigenvalue weighted by Gasteiger charge is 2.48. The van der Waals surface area contributed by atoms with E-state index < -0.39 is 5.41 Å². The van der Waals surface area contributed by atoms with Crippen molar-refractivity contribution in [1.82, 2.24) is 9.88 Å². The summed E-state index contributed by atoms with van der Waals surface area (Å²) in [5.74, 6) is 1.57. The Bertz CT molecular complexity index is 547. The van der Waals surface area contributed by atoms with Gasteiger partial charge in [0, 0.05) is 12.3 Å². The summed E-state index contributed by atoms with van der Waals surface area (Å²) in [4.78, 5) is 30.2. The summed E-state index contributed by atoms with van der Waals surface area (Å²) < 4.78 is 5.60. The first-order valence-corrected chi connectivity index (χ1v) is 7.52. The first kappa shape index (κ1) is 15.7. The smallest absolute Gasteiger partial charge is 0.236 e. The SMILES string of the molecule is CC(C)CC1(C)CC(=O)N(Cc2ncc(C(C)C)o2)C1=O. The van der Waals surface area contributed by atoms with Crippen LogP contribution in [-0.2, 0) is 16.1 Å². The summed E-state index contributed by atoms with van der Waals surface area (Å²) in [5.41, 5.74) is -0.585. The number of carbonyl (C=O) groups excluding carboxylic acids is 2. The normalized spacial score (nSPS) is 22.9. The van der Waals surface area contributed by atoms with Crippen LogP contribution in [0, 0.1) is 11.3 Å². The number of amides is 2. The van der Waals surface area contributed by atoms with Crippen LogP contribution in [0.4, 0.5) is 0 Å². The third-order valence-corrected chi connectivity index (χ3v) is 3.90. The fourth-order valence-corrected chi connectivity index (χ4v) is 2.96. The van der Waals surface area contributed by atoms with E-state index in [1.54, 1.807) is 6.20 Å². The molecule has 1 aliphatic rings. The molecule has 0 radical (unpaired) electrons. The molecule has 0 bridgehead atoms. The minimum absolute atomic E-state index is 0.106. The molecule has 2 rings (SSSR count). The third-order valence-electron chi connectivity index (χ3n) is 3.90. The number of carbonyl (C=O) groups is 2. The molecule has 1 aromatic heterocycles. The van der Waals surface area contributed by atoms with E-state index in [1.807, 2.05) is 20.8 Å². The molecule has 21 heavy (non-hydrogen) atoms. The van der Waals surface area contributed by atoms with Crippen molar-refractivity contribution < 1.29 is 14.0 Å². The van der Waals surface area contributed by atoms with E-state index in [1.165, 1.54) is 4.90 Å². The van der Waals surface area contributed by atoms with Gasteiger partial charge in [0.1, 0.15) is 12.3 Å². The van der Waals surface area contributed by atoms with Gasteiger partial charge in [0.2, 0.25) is 17.7 Å². The average Bonchev–Trinajstić information content (AvgIpc) is 2.88. The fraction of sp³-hybridized carbons (Fsp3) is 0.688. The number of hydrogen-bond donors (Lipinski definition) is 0. The van der Waals surface area contributed by atoms with Crippen molar-refractivity contribution in [2.24, 2.45) is 11.3 Å². The van der Waals surface area contributed by atoms with Gasteiger partial charge in [-0.2, -0.15) is 0 Å². The van der Waals surface area contributed by atoms with Crippen molar-refractivity contribution in [2.45, 2.75) is 59.9 Å². The van der Waals surface area contributed by atoms with Gasteiger partial charge in [0.15, 0.2) is 0 Å². The zero-order valence-electron chi connectivity index (χ0n) is 13.5. The molecule has 1 aliphatic heterocycles. The van der Waals surface area contributed by atoms with Crippen LogP contribution in [0.2, 0.25) is 0 Å². The van der Waals surface area contributed by atoms with Crippen LogP contribution in [-0.4, -0.2) is 21.7 Å². The predicted molar refractivity (Wildman–Crippen MR) is 78.3 cm³/mol. The van der Waals surface area contributed by atoms with Gasteiger partial charge >= 0.3 is 0 Å². The third kappa shape index (κ3) is 3.17. The van der Waals surface area contributed by atoms with Gasteiger partial charge in [0.05, 0.1) is 11.6 Å². The molecule has 1 fully saturated rings. The fourth-order valence-electron chi connectivity index (χ4n) is 2.96. The predicted octanol–water partition coefficient (Wildman–Crippen LogP) is 3.11. The summed E-state index contributed by atoms with van der Waals surface area (Å²) in [5, 5.41) is 0. The Labute approximate surface area is 125 Å². The number of imide groups is 1. The van der Waals surface area contributed by atoms with Crippen LogP contribution in [0.25, 0.3) is 0 Å². The average molecular weight is 292 g/mol. The van der Waals surface area contributed by atoms with Crippen LogP contribution in [0.3, 0.4) is 0 Å². The lowest BCUT2D eigenvalue weighted by atomic mass is 9.80. The Morgan fingerprint density at radius 2 is 2.00 bits per heavy atom. The van der Waals surface area contributed by atoms with Crippen molar-refractivity contribution >= 4 is 11.8 Å². The number of hydrogen-bond acceptors (Lipinski definition) is 4. The molecule has 0 aromatic carbocycles. The molecule has 0 saturated carbocycles. The Kier molecular flexibility index (Phi) is 4.21. The maximum atomic E-state index is 12.6. The van der Waals surface area contributed by atoms with Crippen LogP contribution in [0.5, 0.6) is 0 Å². The van der Waals surface area contributed by atoms with Crippen molar-refractivity contribution in [1.29, 1.82) is 0 Å². The molecule has 5 nitrogen and oxygen atoms in total. The quantitative estimate of drug-likeness (QED) is 0.782. The highest BCUT2D eigenvalue weighted by molar-refractivity contribution is 6.05. The van der Waals surface area contributed by atoms with E-state index in [0.717, 1.165) is 12.2 Å². The first-order chi connectivity index (χ1) is 9.73. The maximum Gasteiger partial charge on any atom is 0.236 e. The maximum absolute atomic E-state index is 12.6. The molecule has 1 atom stereocenters. The van der Waals surface area contributed by atoms with E-state index in [2.05, 4.69) is 18.8 Å². The Morgan fingerprint density at radius 3 is 2.52 bits per heavy atom. The lowest BCUT2D eigenvalue weighted by Crippen LogP contribution is -2.34. The van der Waals surface area contributed by atoms with Gasteiger partial charge in [-0.15, -0.1) is 0 Å². The Balaban J connectivity index is 2.13. The van der Waals surface area contributed by atoms with Crippen molar-refractivity contribution in [3.8, 4) is 0 Å². The first-order valence-electron chi connectivity index (χ1n) is 7.52. The summed E-state index contributed by atoms with van der Waals surface area (Å²) in [6, 6.07) is 0. The van der Waals surface area contributed by atoms with Gasteiger partial charge in [0.25, 0.3) is 0 Å². The standard InChI is InChI=1S/C16H24N2O3/c1-10(2)6-16(5)7-14(19)18(15(16)20)9-13-17-8-12(21-13)11(3)4/h8,10-11H,6-7,9H2,1-5H3. The Morgan fingerprint density at radius 1 is 1.33 bits per heavy atom. The number of aromatic nitrogens is 1. The van der Waals surface area contributed by atoms with Gasteiger partial charge < -0.3 is 4.42 Å². The molecular weight excluding hydrogens is 268 g/mol. The molecule has 5 heteroatoms. The van der Waals surface area contributed by atoms with Crippen LogP contribution in [0.1, 0.15) is 65.0 Å². The minimum Gasteiger partial charge on any atom is -0.443 e. The van der Waals surface area contributed by atoms with E-state index >= 15 is 0 Å². The zero-order chi connectivity index (χ0) is 15.8. The second-order valence-electron chi connectivity index (χ2n) is 6.93. The number of nitrogens with zero attached hydrogens (tertiary/aromatic N) is 2. The molecule has 1 aromatic rings. The highest BCUT2D eigenvalue weighted by Crippen LogP contribution is 2.38. The second kappa shape index (κ2) is 5.62. The molecule has 116 valence electrons. The monoisotopic (exact) mass is 292 g/mol. The number of likely N-dealkylation sites (tertiary alicyclic amines) is 1. The van der Waals surface area contributed by atoms with Gasteiger partial charge in [-0.1, -0.05) is 34.6 Å². The van der Waals surface area contributed by atoms with Crippen molar-refractivity contribution in [3.05, 3.63) is 17.8 Å². The number of rotatable bonds is 5. The molecule has 1 unspecified atom stereocenters. The molecule has 0 N–H and O–H groups in total. The number of oxazole rings is 1. The summed E-state index contributed by atoms with van der Waals surface area (Å²) in [6.45, 7) is 10.2. The van der Waals surface area contributed by atoms with E-state index in [9.17, 15) is 9.59 Å². The van der Waals surface area contributed by atoms with E-state index in [-0.39, 0.29) is 30.7 Å². The molecule has 2 amide bonds. The molecular formula is C16H24N2O3. The van der Waals surface area contributed by atoms with Crippen molar-refractivity contribution in [3.63, 3.8) is 0 Å². The van der Waals surface area contributed by atoms with Gasteiger partial charge in [-0.05, 0) is 12.3 Å². The van der Waals surface area contributed by atoms with E-state index in [0.29, 0.717) is 11.8 Å². The second-order valence-corrected chi connectivity index (χ2v) is 6.93.